The van der Waals surface area contributed by atoms with Crippen LogP contribution in [-0.4, -0.2) is 55.0 Å². The molecule has 0 amide bonds. The number of rotatable bonds is 14. The standard InChI is InChI=1S/C20H35NO5S/c1-3-25-19(23)15-27-14-8-11-17(20(24)26-4-2)21-13-12-18(22)16-9-6-5-7-10-16/h16-17,21H,3-15H2,1-2H3. The minimum absolute atomic E-state index is 0.205. The van der Waals surface area contributed by atoms with Gasteiger partial charge in [-0.3, -0.25) is 14.4 Å². The predicted molar refractivity (Wildman–Crippen MR) is 108 cm³/mol. The van der Waals surface area contributed by atoms with Crippen molar-refractivity contribution in [3.05, 3.63) is 0 Å². The second-order valence-corrected chi connectivity index (χ2v) is 7.92. The van der Waals surface area contributed by atoms with Crippen LogP contribution >= 0.6 is 11.8 Å². The molecule has 1 saturated carbocycles. The Morgan fingerprint density at radius 1 is 1.07 bits per heavy atom. The Bertz CT molecular complexity index is 452. The van der Waals surface area contributed by atoms with Gasteiger partial charge in [0, 0.05) is 18.9 Å². The van der Waals surface area contributed by atoms with Crippen LogP contribution in [0.5, 0.6) is 0 Å². The Morgan fingerprint density at radius 2 is 1.78 bits per heavy atom. The van der Waals surface area contributed by atoms with E-state index >= 15 is 0 Å². The molecule has 1 aliphatic rings. The van der Waals surface area contributed by atoms with Crippen molar-refractivity contribution in [3.63, 3.8) is 0 Å². The maximum Gasteiger partial charge on any atom is 0.323 e. The van der Waals surface area contributed by atoms with Gasteiger partial charge in [-0.15, -0.1) is 0 Å². The lowest BCUT2D eigenvalue weighted by molar-refractivity contribution is -0.146. The van der Waals surface area contributed by atoms with E-state index in [0.29, 0.717) is 44.1 Å². The fraction of sp³-hybridized carbons (Fsp3) is 0.850. The highest BCUT2D eigenvalue weighted by Crippen LogP contribution is 2.25. The Labute approximate surface area is 167 Å². The van der Waals surface area contributed by atoms with Gasteiger partial charge in [0.25, 0.3) is 0 Å². The van der Waals surface area contributed by atoms with Crippen LogP contribution in [0.2, 0.25) is 0 Å². The summed E-state index contributed by atoms with van der Waals surface area (Å²) in [6.45, 7) is 4.83. The lowest BCUT2D eigenvalue weighted by atomic mass is 9.85. The van der Waals surface area contributed by atoms with Crippen molar-refractivity contribution < 1.29 is 23.9 Å². The van der Waals surface area contributed by atoms with Crippen LogP contribution in [0.4, 0.5) is 0 Å². The summed E-state index contributed by atoms with van der Waals surface area (Å²) in [7, 11) is 0. The minimum Gasteiger partial charge on any atom is -0.465 e. The van der Waals surface area contributed by atoms with Crippen molar-refractivity contribution in [1.82, 2.24) is 5.32 Å². The molecule has 0 spiro atoms. The molecule has 1 fully saturated rings. The van der Waals surface area contributed by atoms with E-state index in [0.717, 1.165) is 37.9 Å². The molecule has 0 radical (unpaired) electrons. The van der Waals surface area contributed by atoms with E-state index in [2.05, 4.69) is 5.32 Å². The summed E-state index contributed by atoms with van der Waals surface area (Å²) < 4.78 is 10.0. The first kappa shape index (κ1) is 24.0. The molecular weight excluding hydrogens is 366 g/mol. The molecule has 0 aromatic rings. The molecule has 0 aliphatic heterocycles. The van der Waals surface area contributed by atoms with Crippen molar-refractivity contribution in [2.24, 2.45) is 5.92 Å². The summed E-state index contributed by atoms with van der Waals surface area (Å²) in [4.78, 5) is 35.7. The second-order valence-electron chi connectivity index (χ2n) is 6.81. The molecule has 0 aromatic carbocycles. The maximum atomic E-state index is 12.3. The first-order chi connectivity index (χ1) is 13.1. The average Bonchev–Trinajstić information content (AvgIpc) is 2.67. The van der Waals surface area contributed by atoms with E-state index in [1.165, 1.54) is 18.2 Å². The summed E-state index contributed by atoms with van der Waals surface area (Å²) in [6, 6.07) is -0.396. The van der Waals surface area contributed by atoms with Gasteiger partial charge in [-0.25, -0.2) is 0 Å². The number of hydrogen-bond donors (Lipinski definition) is 1. The van der Waals surface area contributed by atoms with Gasteiger partial charge in [0.2, 0.25) is 0 Å². The third-order valence-electron chi connectivity index (χ3n) is 4.70. The third-order valence-corrected chi connectivity index (χ3v) is 5.72. The fourth-order valence-corrected chi connectivity index (χ4v) is 4.06. The Kier molecular flexibility index (Phi) is 13.2. The summed E-state index contributed by atoms with van der Waals surface area (Å²) in [6.07, 6.45) is 7.45. The first-order valence-electron chi connectivity index (χ1n) is 10.2. The maximum absolute atomic E-state index is 12.3. The highest BCUT2D eigenvalue weighted by molar-refractivity contribution is 7.99. The Morgan fingerprint density at radius 3 is 2.44 bits per heavy atom. The van der Waals surface area contributed by atoms with Gasteiger partial charge in [-0.2, -0.15) is 11.8 Å². The predicted octanol–water partition coefficient (Wildman–Crippen LogP) is 3.12. The number of carbonyl (C=O) groups is 3. The Hall–Kier alpha value is -1.08. The molecule has 1 unspecified atom stereocenters. The number of carbonyl (C=O) groups excluding carboxylic acids is 3. The van der Waals surface area contributed by atoms with Gasteiger partial charge in [0.1, 0.15) is 11.8 Å². The van der Waals surface area contributed by atoms with Gasteiger partial charge in [-0.05, 0) is 45.3 Å². The van der Waals surface area contributed by atoms with Gasteiger partial charge in [-0.1, -0.05) is 19.3 Å². The minimum atomic E-state index is -0.396. The van der Waals surface area contributed by atoms with Crippen molar-refractivity contribution in [2.75, 3.05) is 31.3 Å². The monoisotopic (exact) mass is 401 g/mol. The molecule has 27 heavy (non-hydrogen) atoms. The zero-order chi connectivity index (χ0) is 19.9. The lowest BCUT2D eigenvalue weighted by Crippen LogP contribution is -2.39. The van der Waals surface area contributed by atoms with Gasteiger partial charge >= 0.3 is 11.9 Å². The van der Waals surface area contributed by atoms with E-state index in [1.54, 1.807) is 13.8 Å². The van der Waals surface area contributed by atoms with Crippen molar-refractivity contribution in [1.29, 1.82) is 0 Å². The number of nitrogens with one attached hydrogen (secondary N) is 1. The average molecular weight is 402 g/mol. The summed E-state index contributed by atoms with van der Waals surface area (Å²) in [5, 5.41) is 3.20. The quantitative estimate of drug-likeness (QED) is 0.354. The molecule has 156 valence electrons. The lowest BCUT2D eigenvalue weighted by Gasteiger charge is -2.21. The Balaban J connectivity index is 2.28. The first-order valence-corrected chi connectivity index (χ1v) is 11.4. The van der Waals surface area contributed by atoms with Crippen molar-refractivity contribution in [3.8, 4) is 0 Å². The summed E-state index contributed by atoms with van der Waals surface area (Å²) >= 11 is 1.51. The van der Waals surface area contributed by atoms with Crippen molar-refractivity contribution >= 4 is 29.5 Å². The molecule has 0 aromatic heterocycles. The SMILES string of the molecule is CCOC(=O)CSCCCC(NCCC(=O)C1CCCCC1)C(=O)OCC. The highest BCUT2D eigenvalue weighted by Gasteiger charge is 2.22. The number of hydrogen-bond acceptors (Lipinski definition) is 7. The topological polar surface area (TPSA) is 81.7 Å². The smallest absolute Gasteiger partial charge is 0.323 e. The van der Waals surface area contributed by atoms with E-state index in [-0.39, 0.29) is 17.9 Å². The molecule has 1 N–H and O–H groups in total. The van der Waals surface area contributed by atoms with Crippen LogP contribution in [0.15, 0.2) is 0 Å². The summed E-state index contributed by atoms with van der Waals surface area (Å²) in [5.41, 5.74) is 0. The molecule has 1 aliphatic carbocycles. The highest BCUT2D eigenvalue weighted by atomic mass is 32.2. The normalized spacial score (nSPS) is 15.9. The molecular formula is C20H35NO5S. The molecule has 0 heterocycles. The van der Waals surface area contributed by atoms with Crippen LogP contribution in [0.3, 0.4) is 0 Å². The number of ketones is 1. The molecule has 1 rings (SSSR count). The van der Waals surface area contributed by atoms with Gasteiger partial charge < -0.3 is 14.8 Å². The van der Waals surface area contributed by atoms with Crippen LogP contribution in [-0.2, 0) is 23.9 Å². The zero-order valence-electron chi connectivity index (χ0n) is 16.8. The van der Waals surface area contributed by atoms with Crippen LogP contribution in [0, 0.1) is 5.92 Å². The van der Waals surface area contributed by atoms with E-state index in [4.69, 9.17) is 9.47 Å². The van der Waals surface area contributed by atoms with Crippen LogP contribution in [0.1, 0.15) is 65.2 Å². The summed E-state index contributed by atoms with van der Waals surface area (Å²) in [5.74, 6) is 1.16. The molecule has 1 atom stereocenters. The van der Waals surface area contributed by atoms with E-state index < -0.39 is 6.04 Å². The number of thioether (sulfide) groups is 1. The van der Waals surface area contributed by atoms with Crippen LogP contribution < -0.4 is 5.32 Å². The van der Waals surface area contributed by atoms with E-state index in [9.17, 15) is 14.4 Å². The fourth-order valence-electron chi connectivity index (χ4n) is 3.29. The number of esters is 2. The van der Waals surface area contributed by atoms with Gasteiger partial charge in [0.15, 0.2) is 0 Å². The number of ether oxygens (including phenoxy) is 2. The third kappa shape index (κ3) is 10.7. The van der Waals surface area contributed by atoms with Crippen LogP contribution in [0.25, 0.3) is 0 Å². The molecule has 7 heteroatoms. The van der Waals surface area contributed by atoms with E-state index in [1.807, 2.05) is 0 Å². The molecule has 6 nitrogen and oxygen atoms in total. The number of Topliss-reactive ketones (excluding diaryl/α,β-unsaturated/α-hetero) is 1. The van der Waals surface area contributed by atoms with Crippen molar-refractivity contribution in [2.45, 2.75) is 71.3 Å². The zero-order valence-corrected chi connectivity index (χ0v) is 17.6. The molecule has 0 bridgehead atoms. The van der Waals surface area contributed by atoms with Gasteiger partial charge in [0.05, 0.1) is 19.0 Å². The second kappa shape index (κ2) is 14.9. The molecule has 0 saturated heterocycles. The largest absolute Gasteiger partial charge is 0.465 e.